The van der Waals surface area contributed by atoms with E-state index in [0.717, 1.165) is 50.5 Å². The highest BCUT2D eigenvalue weighted by molar-refractivity contribution is 7.17. The van der Waals surface area contributed by atoms with E-state index >= 15 is 0 Å². The first kappa shape index (κ1) is 23.4. The zero-order chi connectivity index (χ0) is 23.2. The number of anilines is 2. The molecule has 0 spiro atoms. The molecule has 2 heterocycles. The molecule has 1 saturated heterocycles. The molecule has 176 valence electrons. The van der Waals surface area contributed by atoms with E-state index in [1.54, 1.807) is 24.5 Å². The van der Waals surface area contributed by atoms with Gasteiger partial charge in [-0.3, -0.25) is 9.69 Å². The Balaban J connectivity index is 1.25. The number of amides is 1. The van der Waals surface area contributed by atoms with Crippen LogP contribution in [0.3, 0.4) is 0 Å². The predicted octanol–water partition coefficient (Wildman–Crippen LogP) is 3.71. The molecule has 4 rings (SSSR count). The van der Waals surface area contributed by atoms with Gasteiger partial charge in [-0.15, -0.1) is 11.3 Å². The molecule has 1 aliphatic rings. The maximum atomic E-state index is 11.6. The number of piperazine rings is 1. The Bertz CT molecular complexity index is 1090. The highest BCUT2D eigenvalue weighted by Crippen LogP contribution is 2.34. The number of nitrogens with two attached hydrogens (primary N) is 1. The molecular weight excluding hydrogens is 436 g/mol. The fourth-order valence-electron chi connectivity index (χ4n) is 4.29. The fourth-order valence-corrected chi connectivity index (χ4v) is 5.10. The lowest BCUT2D eigenvalue weighted by Gasteiger charge is -2.36. The molecule has 1 amide bonds. The smallest absolute Gasteiger partial charge is 0.238 e. The number of nitrogens with zero attached hydrogens (tertiary/aromatic N) is 2. The summed E-state index contributed by atoms with van der Waals surface area (Å²) < 4.78 is 12.9. The molecule has 1 aliphatic heterocycles. The van der Waals surface area contributed by atoms with E-state index in [2.05, 4.69) is 44.8 Å². The van der Waals surface area contributed by atoms with Crippen molar-refractivity contribution in [2.45, 2.75) is 13.3 Å². The highest BCUT2D eigenvalue weighted by Gasteiger charge is 2.19. The molecule has 1 fully saturated rings. The molecule has 3 N–H and O–H groups in total. The number of hydrogen-bond donors (Lipinski definition) is 2. The highest BCUT2D eigenvalue weighted by atomic mass is 32.1. The lowest BCUT2D eigenvalue weighted by atomic mass is 10.1. The van der Waals surface area contributed by atoms with Gasteiger partial charge in [0.25, 0.3) is 0 Å². The average molecular weight is 469 g/mol. The van der Waals surface area contributed by atoms with Gasteiger partial charge in [0.1, 0.15) is 0 Å². The van der Waals surface area contributed by atoms with Gasteiger partial charge in [-0.1, -0.05) is 6.07 Å². The number of carbonyl (C=O) groups excluding carboxylic acids is 1. The van der Waals surface area contributed by atoms with E-state index in [1.807, 2.05) is 13.0 Å². The third-order valence-electron chi connectivity index (χ3n) is 5.98. The Labute approximate surface area is 199 Å². The maximum absolute atomic E-state index is 11.6. The van der Waals surface area contributed by atoms with Crippen LogP contribution < -0.4 is 25.4 Å². The van der Waals surface area contributed by atoms with Crippen molar-refractivity contribution in [1.82, 2.24) is 4.90 Å². The number of aryl methyl sites for hydroxylation is 1. The normalized spacial score (nSPS) is 14.5. The quantitative estimate of drug-likeness (QED) is 0.466. The second-order valence-corrected chi connectivity index (χ2v) is 9.16. The zero-order valence-corrected chi connectivity index (χ0v) is 20.1. The van der Waals surface area contributed by atoms with Crippen molar-refractivity contribution < 1.29 is 14.3 Å². The van der Waals surface area contributed by atoms with Crippen LogP contribution in [-0.2, 0) is 4.79 Å². The summed E-state index contributed by atoms with van der Waals surface area (Å²) in [6, 6.07) is 12.5. The van der Waals surface area contributed by atoms with Crippen LogP contribution in [0.25, 0.3) is 10.1 Å². The van der Waals surface area contributed by atoms with Crippen LogP contribution in [0.4, 0.5) is 11.4 Å². The van der Waals surface area contributed by atoms with E-state index in [4.69, 9.17) is 15.2 Å². The minimum Gasteiger partial charge on any atom is -0.493 e. The molecule has 2 aromatic carbocycles. The van der Waals surface area contributed by atoms with Gasteiger partial charge < -0.3 is 25.4 Å². The number of thiophene rings is 1. The van der Waals surface area contributed by atoms with Crippen LogP contribution in [0.1, 0.15) is 12.0 Å². The Morgan fingerprint density at radius 2 is 2.00 bits per heavy atom. The lowest BCUT2D eigenvalue weighted by molar-refractivity contribution is -0.114. The van der Waals surface area contributed by atoms with Gasteiger partial charge in [0, 0.05) is 60.3 Å². The van der Waals surface area contributed by atoms with Crippen molar-refractivity contribution in [2.75, 3.05) is 63.2 Å². The van der Waals surface area contributed by atoms with Crippen LogP contribution in [0, 0.1) is 6.92 Å². The summed E-state index contributed by atoms with van der Waals surface area (Å²) in [5.41, 5.74) is 8.30. The monoisotopic (exact) mass is 468 g/mol. The molecule has 8 heteroatoms. The molecule has 0 radical (unpaired) electrons. The maximum Gasteiger partial charge on any atom is 0.238 e. The number of ether oxygens (including phenoxy) is 2. The molecule has 3 aromatic rings. The Kier molecular flexibility index (Phi) is 7.69. The number of hydrogen-bond acceptors (Lipinski definition) is 7. The molecule has 0 unspecified atom stereocenters. The zero-order valence-electron chi connectivity index (χ0n) is 19.3. The Morgan fingerprint density at radius 1 is 1.18 bits per heavy atom. The van der Waals surface area contributed by atoms with Crippen LogP contribution in [0.2, 0.25) is 0 Å². The second kappa shape index (κ2) is 10.9. The van der Waals surface area contributed by atoms with Gasteiger partial charge in [0.2, 0.25) is 5.91 Å². The summed E-state index contributed by atoms with van der Waals surface area (Å²) in [5.74, 6) is 1.09. The van der Waals surface area contributed by atoms with Crippen molar-refractivity contribution in [3.8, 4) is 11.5 Å². The number of benzene rings is 2. The molecular formula is C25H32N4O3S. The first-order valence-electron chi connectivity index (χ1n) is 11.3. The fraction of sp³-hybridized carbons (Fsp3) is 0.400. The molecule has 33 heavy (non-hydrogen) atoms. The first-order valence-corrected chi connectivity index (χ1v) is 12.2. The first-order chi connectivity index (χ1) is 16.1. The predicted molar refractivity (Wildman–Crippen MR) is 136 cm³/mol. The van der Waals surface area contributed by atoms with Gasteiger partial charge in [0.15, 0.2) is 11.5 Å². The van der Waals surface area contributed by atoms with Gasteiger partial charge >= 0.3 is 0 Å². The summed E-state index contributed by atoms with van der Waals surface area (Å²) in [5, 5.41) is 6.29. The lowest BCUT2D eigenvalue weighted by Crippen LogP contribution is -2.46. The summed E-state index contributed by atoms with van der Waals surface area (Å²) in [6.45, 7) is 7.69. The second-order valence-electron chi connectivity index (χ2n) is 8.22. The molecule has 0 bridgehead atoms. The largest absolute Gasteiger partial charge is 0.493 e. The Hall–Kier alpha value is -2.81. The van der Waals surface area contributed by atoms with Crippen LogP contribution in [-0.4, -0.2) is 63.8 Å². The minimum absolute atomic E-state index is 0.0580. The van der Waals surface area contributed by atoms with Crippen molar-refractivity contribution in [2.24, 2.45) is 5.73 Å². The Morgan fingerprint density at radius 3 is 2.76 bits per heavy atom. The number of rotatable bonds is 9. The van der Waals surface area contributed by atoms with Crippen LogP contribution >= 0.6 is 11.3 Å². The molecule has 7 nitrogen and oxygen atoms in total. The van der Waals surface area contributed by atoms with Crippen LogP contribution in [0.15, 0.2) is 41.8 Å². The third kappa shape index (κ3) is 5.58. The average Bonchev–Trinajstić information content (AvgIpc) is 3.32. The van der Waals surface area contributed by atoms with E-state index in [9.17, 15) is 4.79 Å². The van der Waals surface area contributed by atoms with Gasteiger partial charge in [-0.05, 0) is 48.6 Å². The summed E-state index contributed by atoms with van der Waals surface area (Å²) in [6.07, 6.45) is 0.939. The van der Waals surface area contributed by atoms with E-state index < -0.39 is 0 Å². The number of carbonyl (C=O) groups is 1. The van der Waals surface area contributed by atoms with Gasteiger partial charge in [0.05, 0.1) is 20.3 Å². The standard InChI is InChI=1S/C25H32N4O3S/c1-18-15-19(27-24(30)17-26)16-22(31-2)25(18)32-13-4-8-28-9-11-29(12-10-28)21-5-3-6-23-20(21)7-14-33-23/h3,5-7,14-16H,4,8-13,17,26H2,1-2H3,(H,27,30). The van der Waals surface area contributed by atoms with Crippen molar-refractivity contribution >= 4 is 38.7 Å². The number of fused-ring (bicyclic) bond motifs is 1. The minimum atomic E-state index is -0.239. The van der Waals surface area contributed by atoms with Gasteiger partial charge in [-0.2, -0.15) is 0 Å². The summed E-state index contributed by atoms with van der Waals surface area (Å²) in [7, 11) is 1.60. The topological polar surface area (TPSA) is 80.1 Å². The summed E-state index contributed by atoms with van der Waals surface area (Å²) in [4.78, 5) is 16.6. The molecule has 0 atom stereocenters. The third-order valence-corrected chi connectivity index (χ3v) is 6.86. The van der Waals surface area contributed by atoms with Crippen molar-refractivity contribution in [3.63, 3.8) is 0 Å². The van der Waals surface area contributed by atoms with E-state index in [-0.39, 0.29) is 12.5 Å². The molecule has 0 aliphatic carbocycles. The van der Waals surface area contributed by atoms with Crippen molar-refractivity contribution in [3.05, 3.63) is 47.3 Å². The van der Waals surface area contributed by atoms with Crippen LogP contribution in [0.5, 0.6) is 11.5 Å². The SMILES string of the molecule is COc1cc(NC(=O)CN)cc(C)c1OCCCN1CCN(c2cccc3sccc23)CC1. The molecule has 0 saturated carbocycles. The molecule has 1 aromatic heterocycles. The number of nitrogens with one attached hydrogen (secondary N) is 1. The number of methoxy groups -OCH3 is 1. The van der Waals surface area contributed by atoms with Crippen molar-refractivity contribution in [1.29, 1.82) is 0 Å². The van der Waals surface area contributed by atoms with E-state index in [0.29, 0.717) is 18.0 Å². The summed E-state index contributed by atoms with van der Waals surface area (Å²) >= 11 is 1.80. The van der Waals surface area contributed by atoms with E-state index in [1.165, 1.54) is 15.8 Å². The van der Waals surface area contributed by atoms with Gasteiger partial charge in [-0.25, -0.2) is 0 Å².